The molecule has 2 aromatic rings. The van der Waals surface area contributed by atoms with Crippen LogP contribution in [0.4, 0.5) is 0 Å². The first-order valence-corrected chi connectivity index (χ1v) is 9.66. The molecule has 7 nitrogen and oxygen atoms in total. The van der Waals surface area contributed by atoms with E-state index in [-0.39, 0.29) is 17.7 Å². The average molecular weight is 371 g/mol. The summed E-state index contributed by atoms with van der Waals surface area (Å²) in [7, 11) is 0. The summed E-state index contributed by atoms with van der Waals surface area (Å²) in [5.74, 6) is 2.99. The standard InChI is InChI=1S/C20H25N3O4/c1-3-18-21-20(27-22-18)13(2)23-8-6-14(7-9-23)19(24)15-4-5-16-17(12-15)26-11-10-25-16/h4-5,12-14H,3,6-11H2,1-2H3/t13-/m0/s1. The fourth-order valence-electron chi connectivity index (χ4n) is 3.72. The van der Waals surface area contributed by atoms with Crippen molar-refractivity contribution in [3.05, 3.63) is 35.5 Å². The van der Waals surface area contributed by atoms with Crippen LogP contribution in [-0.4, -0.2) is 47.1 Å². The van der Waals surface area contributed by atoms with E-state index in [9.17, 15) is 4.79 Å². The molecule has 4 rings (SSSR count). The Labute approximate surface area is 158 Å². The summed E-state index contributed by atoms with van der Waals surface area (Å²) in [4.78, 5) is 19.7. The van der Waals surface area contributed by atoms with Crippen molar-refractivity contribution in [2.45, 2.75) is 39.2 Å². The number of carbonyl (C=O) groups is 1. The summed E-state index contributed by atoms with van der Waals surface area (Å²) in [6.45, 7) is 6.84. The number of benzene rings is 1. The molecule has 144 valence electrons. The highest BCUT2D eigenvalue weighted by molar-refractivity contribution is 5.98. The minimum Gasteiger partial charge on any atom is -0.486 e. The van der Waals surface area contributed by atoms with Crippen molar-refractivity contribution in [1.29, 1.82) is 0 Å². The van der Waals surface area contributed by atoms with Gasteiger partial charge in [0.05, 0.1) is 6.04 Å². The third-order valence-corrected chi connectivity index (χ3v) is 5.43. The first-order valence-electron chi connectivity index (χ1n) is 9.66. The fraction of sp³-hybridized carbons (Fsp3) is 0.550. The molecular weight excluding hydrogens is 346 g/mol. The van der Waals surface area contributed by atoms with Crippen LogP contribution in [0.5, 0.6) is 11.5 Å². The van der Waals surface area contributed by atoms with E-state index < -0.39 is 0 Å². The van der Waals surface area contributed by atoms with Crippen LogP contribution in [-0.2, 0) is 6.42 Å². The van der Waals surface area contributed by atoms with Gasteiger partial charge in [-0.1, -0.05) is 12.1 Å². The van der Waals surface area contributed by atoms with Gasteiger partial charge in [0.2, 0.25) is 5.89 Å². The number of aromatic nitrogens is 2. The zero-order valence-electron chi connectivity index (χ0n) is 15.8. The molecule has 0 amide bonds. The topological polar surface area (TPSA) is 77.7 Å². The van der Waals surface area contributed by atoms with Gasteiger partial charge in [-0.25, -0.2) is 0 Å². The van der Waals surface area contributed by atoms with Crippen LogP contribution in [0.2, 0.25) is 0 Å². The molecule has 0 spiro atoms. The molecule has 7 heteroatoms. The second kappa shape index (κ2) is 7.68. The van der Waals surface area contributed by atoms with Crippen LogP contribution >= 0.6 is 0 Å². The lowest BCUT2D eigenvalue weighted by Crippen LogP contribution is -2.38. The zero-order valence-corrected chi connectivity index (χ0v) is 15.8. The maximum Gasteiger partial charge on any atom is 0.243 e. The number of ether oxygens (including phenoxy) is 2. The molecule has 1 atom stereocenters. The van der Waals surface area contributed by atoms with E-state index >= 15 is 0 Å². The Balaban J connectivity index is 1.38. The summed E-state index contributed by atoms with van der Waals surface area (Å²) in [5.41, 5.74) is 0.704. The number of carbonyl (C=O) groups excluding carboxylic acids is 1. The number of Topliss-reactive ketones (excluding diaryl/α,β-unsaturated/α-hetero) is 1. The Kier molecular flexibility index (Phi) is 5.11. The fourth-order valence-corrected chi connectivity index (χ4v) is 3.72. The summed E-state index contributed by atoms with van der Waals surface area (Å²) in [6, 6.07) is 5.56. The smallest absolute Gasteiger partial charge is 0.243 e. The zero-order chi connectivity index (χ0) is 18.8. The van der Waals surface area contributed by atoms with Crippen LogP contribution in [0.3, 0.4) is 0 Å². The number of fused-ring (bicyclic) bond motifs is 1. The normalized spacial score (nSPS) is 19.0. The number of nitrogens with zero attached hydrogens (tertiary/aromatic N) is 3. The number of hydrogen-bond donors (Lipinski definition) is 0. The molecule has 0 saturated carbocycles. The van der Waals surface area contributed by atoms with Gasteiger partial charge < -0.3 is 14.0 Å². The van der Waals surface area contributed by atoms with Gasteiger partial charge in [-0.15, -0.1) is 0 Å². The molecular formula is C20H25N3O4. The Morgan fingerprint density at radius 2 is 1.96 bits per heavy atom. The second-order valence-corrected chi connectivity index (χ2v) is 7.11. The van der Waals surface area contributed by atoms with Gasteiger partial charge in [0.1, 0.15) is 13.2 Å². The number of ketones is 1. The molecule has 0 aliphatic carbocycles. The van der Waals surface area contributed by atoms with Crippen LogP contribution < -0.4 is 9.47 Å². The maximum atomic E-state index is 12.9. The second-order valence-electron chi connectivity index (χ2n) is 7.11. The van der Waals surface area contributed by atoms with E-state index in [1.807, 2.05) is 25.1 Å². The third-order valence-electron chi connectivity index (χ3n) is 5.43. The van der Waals surface area contributed by atoms with E-state index in [1.165, 1.54) is 0 Å². The largest absolute Gasteiger partial charge is 0.486 e. The molecule has 1 saturated heterocycles. The third kappa shape index (κ3) is 3.69. The van der Waals surface area contributed by atoms with E-state index in [2.05, 4.69) is 22.0 Å². The van der Waals surface area contributed by atoms with Crippen molar-refractivity contribution in [2.75, 3.05) is 26.3 Å². The molecule has 2 aliphatic rings. The summed E-state index contributed by atoms with van der Waals surface area (Å²) in [6.07, 6.45) is 2.42. The SMILES string of the molecule is CCc1noc([C@H](C)N2CCC(C(=O)c3ccc4c(c3)OCCO4)CC2)n1. The lowest BCUT2D eigenvalue weighted by Gasteiger charge is -2.34. The van der Waals surface area contributed by atoms with E-state index in [0.717, 1.165) is 38.2 Å². The molecule has 2 aliphatic heterocycles. The van der Waals surface area contributed by atoms with E-state index in [0.29, 0.717) is 36.2 Å². The highest BCUT2D eigenvalue weighted by Crippen LogP contribution is 2.33. The molecule has 0 radical (unpaired) electrons. The van der Waals surface area contributed by atoms with Crippen molar-refractivity contribution in [3.8, 4) is 11.5 Å². The first-order chi connectivity index (χ1) is 13.2. The number of piperidine rings is 1. The van der Waals surface area contributed by atoms with Crippen molar-refractivity contribution >= 4 is 5.78 Å². The van der Waals surface area contributed by atoms with Gasteiger partial charge in [0, 0.05) is 17.9 Å². The van der Waals surface area contributed by atoms with Gasteiger partial charge in [-0.3, -0.25) is 9.69 Å². The maximum absolute atomic E-state index is 12.9. The molecule has 1 aromatic carbocycles. The Morgan fingerprint density at radius 1 is 1.22 bits per heavy atom. The molecule has 3 heterocycles. The summed E-state index contributed by atoms with van der Waals surface area (Å²) < 4.78 is 16.5. The summed E-state index contributed by atoms with van der Waals surface area (Å²) in [5, 5.41) is 3.98. The van der Waals surface area contributed by atoms with Crippen LogP contribution in [0.15, 0.2) is 22.7 Å². The molecule has 27 heavy (non-hydrogen) atoms. The molecule has 0 unspecified atom stereocenters. The number of rotatable bonds is 5. The molecule has 0 N–H and O–H groups in total. The average Bonchev–Trinajstić information content (AvgIpc) is 3.22. The lowest BCUT2D eigenvalue weighted by molar-refractivity contribution is 0.0774. The number of aryl methyl sites for hydroxylation is 1. The number of likely N-dealkylation sites (tertiary alicyclic amines) is 1. The Bertz CT molecular complexity index is 811. The predicted molar refractivity (Wildman–Crippen MR) is 98.2 cm³/mol. The van der Waals surface area contributed by atoms with Gasteiger partial charge >= 0.3 is 0 Å². The highest BCUT2D eigenvalue weighted by Gasteiger charge is 2.30. The molecule has 1 fully saturated rings. The van der Waals surface area contributed by atoms with Crippen molar-refractivity contribution in [3.63, 3.8) is 0 Å². The Morgan fingerprint density at radius 3 is 2.67 bits per heavy atom. The van der Waals surface area contributed by atoms with E-state index in [1.54, 1.807) is 0 Å². The number of hydrogen-bond acceptors (Lipinski definition) is 7. The van der Waals surface area contributed by atoms with E-state index in [4.69, 9.17) is 14.0 Å². The molecule has 1 aromatic heterocycles. The van der Waals surface area contributed by atoms with Gasteiger partial charge in [-0.05, 0) is 51.1 Å². The minimum absolute atomic E-state index is 0.0323. The minimum atomic E-state index is 0.0323. The molecule has 0 bridgehead atoms. The Hall–Kier alpha value is -2.41. The quantitative estimate of drug-likeness (QED) is 0.748. The van der Waals surface area contributed by atoms with Crippen molar-refractivity contribution < 1.29 is 18.8 Å². The van der Waals surface area contributed by atoms with Gasteiger partial charge in [-0.2, -0.15) is 4.98 Å². The predicted octanol–water partition coefficient (Wildman–Crippen LogP) is 3.06. The monoisotopic (exact) mass is 371 g/mol. The summed E-state index contributed by atoms with van der Waals surface area (Å²) >= 11 is 0. The van der Waals surface area contributed by atoms with Crippen LogP contribution in [0.25, 0.3) is 0 Å². The van der Waals surface area contributed by atoms with Gasteiger partial charge in [0.25, 0.3) is 0 Å². The van der Waals surface area contributed by atoms with Gasteiger partial charge in [0.15, 0.2) is 23.1 Å². The van der Waals surface area contributed by atoms with Crippen LogP contribution in [0, 0.1) is 5.92 Å². The van der Waals surface area contributed by atoms with Crippen molar-refractivity contribution in [2.24, 2.45) is 5.92 Å². The van der Waals surface area contributed by atoms with Crippen LogP contribution in [0.1, 0.15) is 54.8 Å². The highest BCUT2D eigenvalue weighted by atomic mass is 16.6. The first kappa shape index (κ1) is 18.0. The van der Waals surface area contributed by atoms with Crippen molar-refractivity contribution in [1.82, 2.24) is 15.0 Å². The lowest BCUT2D eigenvalue weighted by atomic mass is 9.88.